The largest absolute Gasteiger partial charge is 0.485 e. The van der Waals surface area contributed by atoms with Gasteiger partial charge in [-0.05, 0) is 31.0 Å². The lowest BCUT2D eigenvalue weighted by Crippen LogP contribution is -2.06. The lowest BCUT2D eigenvalue weighted by Gasteiger charge is -2.10. The maximum absolute atomic E-state index is 12.2. The van der Waals surface area contributed by atoms with Crippen molar-refractivity contribution in [2.24, 2.45) is 7.05 Å². The summed E-state index contributed by atoms with van der Waals surface area (Å²) >= 11 is 1.38. The molecule has 0 aliphatic rings. The van der Waals surface area contributed by atoms with Crippen LogP contribution in [0.25, 0.3) is 0 Å². The second-order valence-corrected chi connectivity index (χ2v) is 6.96. The molecule has 0 bridgehead atoms. The molecule has 0 saturated heterocycles. The minimum atomic E-state index is 0.0757. The summed E-state index contributed by atoms with van der Waals surface area (Å²) in [7, 11) is 1.89. The average Bonchev–Trinajstić information content (AvgIpc) is 3.01. The van der Waals surface area contributed by atoms with Crippen molar-refractivity contribution < 1.29 is 9.53 Å². The number of ether oxygens (including phenoxy) is 1. The molecular weight excluding hydrogens is 346 g/mol. The maximum atomic E-state index is 12.2. The average molecular weight is 367 g/mol. The summed E-state index contributed by atoms with van der Waals surface area (Å²) in [5.74, 6) is 1.97. The summed E-state index contributed by atoms with van der Waals surface area (Å²) in [6.45, 7) is 4.43. The molecule has 1 heterocycles. The van der Waals surface area contributed by atoms with Gasteiger partial charge in [0.1, 0.15) is 12.4 Å². The lowest BCUT2D eigenvalue weighted by atomic mass is 10.1. The van der Waals surface area contributed by atoms with Crippen molar-refractivity contribution in [1.29, 1.82) is 0 Å². The number of ketones is 1. The Labute approximate surface area is 157 Å². The van der Waals surface area contributed by atoms with Gasteiger partial charge in [-0.25, -0.2) is 0 Å². The van der Waals surface area contributed by atoms with Gasteiger partial charge in [0.25, 0.3) is 0 Å². The number of nitrogens with zero attached hydrogens (tertiary/aromatic N) is 3. The first-order valence-corrected chi connectivity index (χ1v) is 9.33. The Bertz CT molecular complexity index is 907. The molecule has 6 heteroatoms. The molecule has 0 fully saturated rings. The minimum absolute atomic E-state index is 0.0757. The molecule has 0 spiro atoms. The fraction of sp³-hybridized carbons (Fsp3) is 0.250. The number of hydrogen-bond donors (Lipinski definition) is 0. The maximum Gasteiger partial charge on any atom is 0.191 e. The summed E-state index contributed by atoms with van der Waals surface area (Å²) in [6.07, 6.45) is 0. The SMILES string of the molecule is Cc1cccc(OCc2nnc(SCC(=O)c3ccccc3)n2C)c1C. The Kier molecular flexibility index (Phi) is 5.73. The van der Waals surface area contributed by atoms with E-state index < -0.39 is 0 Å². The second-order valence-electron chi connectivity index (χ2n) is 6.02. The number of thioether (sulfide) groups is 1. The number of benzene rings is 2. The third-order valence-corrected chi connectivity index (χ3v) is 5.29. The molecule has 0 N–H and O–H groups in total. The number of carbonyl (C=O) groups is 1. The zero-order chi connectivity index (χ0) is 18.5. The Morgan fingerprint density at radius 2 is 1.85 bits per heavy atom. The minimum Gasteiger partial charge on any atom is -0.485 e. The highest BCUT2D eigenvalue weighted by Gasteiger charge is 2.13. The fourth-order valence-corrected chi connectivity index (χ4v) is 3.28. The molecule has 26 heavy (non-hydrogen) atoms. The van der Waals surface area contributed by atoms with Gasteiger partial charge in [-0.15, -0.1) is 10.2 Å². The van der Waals surface area contributed by atoms with Gasteiger partial charge < -0.3 is 9.30 Å². The van der Waals surface area contributed by atoms with E-state index in [4.69, 9.17) is 4.74 Å². The van der Waals surface area contributed by atoms with E-state index in [0.29, 0.717) is 23.1 Å². The van der Waals surface area contributed by atoms with Crippen LogP contribution < -0.4 is 4.74 Å². The van der Waals surface area contributed by atoms with Crippen molar-refractivity contribution in [2.75, 3.05) is 5.75 Å². The van der Waals surface area contributed by atoms with Crippen molar-refractivity contribution >= 4 is 17.5 Å². The fourth-order valence-electron chi connectivity index (χ4n) is 2.46. The Hall–Kier alpha value is -2.60. The first kappa shape index (κ1) is 18.2. The molecule has 0 amide bonds. The van der Waals surface area contributed by atoms with Crippen molar-refractivity contribution in [1.82, 2.24) is 14.8 Å². The number of aryl methyl sites for hydroxylation is 1. The van der Waals surface area contributed by atoms with Gasteiger partial charge in [-0.2, -0.15) is 0 Å². The number of aromatic nitrogens is 3. The molecule has 0 unspecified atom stereocenters. The molecule has 0 aliphatic heterocycles. The highest BCUT2D eigenvalue weighted by atomic mass is 32.2. The van der Waals surface area contributed by atoms with Crippen LogP contribution in [0.4, 0.5) is 0 Å². The van der Waals surface area contributed by atoms with E-state index in [-0.39, 0.29) is 5.78 Å². The normalized spacial score (nSPS) is 10.7. The van der Waals surface area contributed by atoms with Gasteiger partial charge in [0, 0.05) is 12.6 Å². The van der Waals surface area contributed by atoms with E-state index in [2.05, 4.69) is 23.2 Å². The molecule has 0 radical (unpaired) electrons. The highest BCUT2D eigenvalue weighted by molar-refractivity contribution is 7.99. The second kappa shape index (κ2) is 8.19. The molecule has 3 aromatic rings. The van der Waals surface area contributed by atoms with Gasteiger partial charge in [0.15, 0.2) is 16.8 Å². The van der Waals surface area contributed by atoms with Crippen LogP contribution in [0.2, 0.25) is 0 Å². The zero-order valence-corrected chi connectivity index (χ0v) is 15.9. The van der Waals surface area contributed by atoms with Gasteiger partial charge >= 0.3 is 0 Å². The van der Waals surface area contributed by atoms with Crippen LogP contribution in [-0.4, -0.2) is 26.3 Å². The quantitative estimate of drug-likeness (QED) is 0.467. The molecule has 0 saturated carbocycles. The van der Waals surface area contributed by atoms with Crippen molar-refractivity contribution in [3.8, 4) is 5.75 Å². The van der Waals surface area contributed by atoms with E-state index >= 15 is 0 Å². The predicted molar refractivity (Wildman–Crippen MR) is 103 cm³/mol. The first-order valence-electron chi connectivity index (χ1n) is 8.34. The van der Waals surface area contributed by atoms with Crippen LogP contribution in [0.15, 0.2) is 53.7 Å². The summed E-state index contributed by atoms with van der Waals surface area (Å²) in [6, 6.07) is 15.3. The zero-order valence-electron chi connectivity index (χ0n) is 15.1. The smallest absolute Gasteiger partial charge is 0.191 e. The van der Waals surface area contributed by atoms with E-state index in [9.17, 15) is 4.79 Å². The van der Waals surface area contributed by atoms with Crippen molar-refractivity contribution in [3.63, 3.8) is 0 Å². The van der Waals surface area contributed by atoms with Crippen LogP contribution in [0.5, 0.6) is 5.75 Å². The van der Waals surface area contributed by atoms with Crippen LogP contribution in [0.3, 0.4) is 0 Å². The first-order chi connectivity index (χ1) is 12.6. The van der Waals surface area contributed by atoms with E-state index in [1.807, 2.05) is 61.0 Å². The summed E-state index contributed by atoms with van der Waals surface area (Å²) < 4.78 is 7.76. The van der Waals surface area contributed by atoms with Crippen molar-refractivity contribution in [2.45, 2.75) is 25.6 Å². The highest BCUT2D eigenvalue weighted by Crippen LogP contribution is 2.22. The van der Waals surface area contributed by atoms with Crippen LogP contribution in [-0.2, 0) is 13.7 Å². The van der Waals surface area contributed by atoms with E-state index in [1.54, 1.807) is 0 Å². The topological polar surface area (TPSA) is 57.0 Å². The number of carbonyl (C=O) groups excluding carboxylic acids is 1. The van der Waals surface area contributed by atoms with Crippen LogP contribution in [0, 0.1) is 13.8 Å². The summed E-state index contributed by atoms with van der Waals surface area (Å²) in [5.41, 5.74) is 3.02. The monoisotopic (exact) mass is 367 g/mol. The molecule has 0 atom stereocenters. The number of Topliss-reactive ketones (excluding diaryl/α,β-unsaturated/α-hetero) is 1. The summed E-state index contributed by atoms with van der Waals surface area (Å²) in [5, 5.41) is 9.07. The third-order valence-electron chi connectivity index (χ3n) is 4.26. The Balaban J connectivity index is 1.61. The number of hydrogen-bond acceptors (Lipinski definition) is 5. The van der Waals surface area contributed by atoms with E-state index in [0.717, 1.165) is 17.1 Å². The number of rotatable bonds is 7. The molecule has 3 rings (SSSR count). The third kappa shape index (κ3) is 4.14. The molecule has 2 aromatic carbocycles. The van der Waals surface area contributed by atoms with E-state index in [1.165, 1.54) is 17.3 Å². The Morgan fingerprint density at radius 1 is 1.08 bits per heavy atom. The summed E-state index contributed by atoms with van der Waals surface area (Å²) in [4.78, 5) is 12.2. The molecular formula is C20H21N3O2S. The molecule has 5 nitrogen and oxygen atoms in total. The molecule has 0 aliphatic carbocycles. The standard InChI is InChI=1S/C20H21N3O2S/c1-14-8-7-11-18(15(14)2)25-12-19-21-22-20(23(19)3)26-13-17(24)16-9-5-4-6-10-16/h4-11H,12-13H2,1-3H3. The van der Waals surface area contributed by atoms with Gasteiger partial charge in [-0.3, -0.25) is 4.79 Å². The molecule has 1 aromatic heterocycles. The molecule has 134 valence electrons. The van der Waals surface area contributed by atoms with Crippen LogP contribution >= 0.6 is 11.8 Å². The van der Waals surface area contributed by atoms with Crippen LogP contribution in [0.1, 0.15) is 27.3 Å². The lowest BCUT2D eigenvalue weighted by molar-refractivity contribution is 0.102. The van der Waals surface area contributed by atoms with Gasteiger partial charge in [0.2, 0.25) is 0 Å². The Morgan fingerprint density at radius 3 is 2.62 bits per heavy atom. The van der Waals surface area contributed by atoms with Gasteiger partial charge in [-0.1, -0.05) is 54.2 Å². The van der Waals surface area contributed by atoms with Gasteiger partial charge in [0.05, 0.1) is 5.75 Å². The van der Waals surface area contributed by atoms with Crippen molar-refractivity contribution in [3.05, 3.63) is 71.0 Å². The predicted octanol–water partition coefficient (Wildman–Crippen LogP) is 3.99.